The minimum atomic E-state index is -1.16. The monoisotopic (exact) mass is 246 g/mol. The van der Waals surface area contributed by atoms with Crippen LogP contribution in [-0.2, 0) is 0 Å². The number of carboxylic acid groups (broad SMARTS) is 1. The molecule has 0 spiro atoms. The SMILES string of the molecule is COc1ccc(C(=O)c2cc(C(=O)O)[nH]n2)cc1. The van der Waals surface area contributed by atoms with Gasteiger partial charge in [0.25, 0.3) is 0 Å². The Morgan fingerprint density at radius 3 is 2.44 bits per heavy atom. The molecule has 92 valence electrons. The van der Waals surface area contributed by atoms with E-state index in [1.54, 1.807) is 24.3 Å². The minimum Gasteiger partial charge on any atom is -0.497 e. The molecule has 6 nitrogen and oxygen atoms in total. The predicted octanol–water partition coefficient (Wildman–Crippen LogP) is 1.35. The molecule has 2 N–H and O–H groups in total. The van der Waals surface area contributed by atoms with Crippen LogP contribution in [0.3, 0.4) is 0 Å². The second-order valence-corrected chi connectivity index (χ2v) is 3.53. The van der Waals surface area contributed by atoms with E-state index < -0.39 is 5.97 Å². The number of carbonyl (C=O) groups is 2. The summed E-state index contributed by atoms with van der Waals surface area (Å²) in [7, 11) is 1.53. The second-order valence-electron chi connectivity index (χ2n) is 3.53. The summed E-state index contributed by atoms with van der Waals surface area (Å²) in [6.07, 6.45) is 0. The van der Waals surface area contributed by atoms with Gasteiger partial charge in [0.05, 0.1) is 7.11 Å². The van der Waals surface area contributed by atoms with Gasteiger partial charge in [0.1, 0.15) is 17.1 Å². The zero-order valence-corrected chi connectivity index (χ0v) is 9.51. The highest BCUT2D eigenvalue weighted by Gasteiger charge is 2.15. The minimum absolute atomic E-state index is 0.0672. The first-order valence-electron chi connectivity index (χ1n) is 5.09. The number of carbonyl (C=O) groups excluding carboxylic acids is 1. The molecule has 18 heavy (non-hydrogen) atoms. The summed E-state index contributed by atoms with van der Waals surface area (Å²) in [6, 6.07) is 7.69. The van der Waals surface area contributed by atoms with Crippen LogP contribution < -0.4 is 4.74 Å². The third-order valence-corrected chi connectivity index (χ3v) is 2.39. The van der Waals surface area contributed by atoms with Crippen molar-refractivity contribution in [3.63, 3.8) is 0 Å². The number of rotatable bonds is 4. The number of aromatic carboxylic acids is 1. The predicted molar refractivity (Wildman–Crippen MR) is 62.0 cm³/mol. The van der Waals surface area contributed by atoms with E-state index in [0.29, 0.717) is 11.3 Å². The molecule has 0 aliphatic carbocycles. The summed E-state index contributed by atoms with van der Waals surface area (Å²) in [5.41, 5.74) is 0.365. The average molecular weight is 246 g/mol. The van der Waals surface area contributed by atoms with Crippen LogP contribution >= 0.6 is 0 Å². The van der Waals surface area contributed by atoms with Gasteiger partial charge in [0.2, 0.25) is 5.78 Å². The number of benzene rings is 1. The lowest BCUT2D eigenvalue weighted by atomic mass is 10.1. The van der Waals surface area contributed by atoms with Crippen LogP contribution in [0, 0.1) is 0 Å². The lowest BCUT2D eigenvalue weighted by molar-refractivity contribution is 0.0690. The average Bonchev–Trinajstić information content (AvgIpc) is 2.88. The van der Waals surface area contributed by atoms with Gasteiger partial charge in [0.15, 0.2) is 0 Å². The van der Waals surface area contributed by atoms with Gasteiger partial charge < -0.3 is 9.84 Å². The van der Waals surface area contributed by atoms with E-state index in [1.165, 1.54) is 13.2 Å². The van der Waals surface area contributed by atoms with Crippen LogP contribution in [0.2, 0.25) is 0 Å². The Morgan fingerprint density at radius 1 is 1.28 bits per heavy atom. The number of nitrogens with one attached hydrogen (secondary N) is 1. The fraction of sp³-hybridized carbons (Fsp3) is 0.0833. The van der Waals surface area contributed by atoms with Crippen molar-refractivity contribution >= 4 is 11.8 Å². The summed E-state index contributed by atoms with van der Waals surface area (Å²) in [4.78, 5) is 22.6. The third kappa shape index (κ3) is 2.22. The van der Waals surface area contributed by atoms with Crippen molar-refractivity contribution in [2.24, 2.45) is 0 Å². The Hall–Kier alpha value is -2.63. The highest BCUT2D eigenvalue weighted by molar-refractivity contribution is 6.08. The highest BCUT2D eigenvalue weighted by Crippen LogP contribution is 2.14. The van der Waals surface area contributed by atoms with Crippen LogP contribution in [0.5, 0.6) is 5.75 Å². The van der Waals surface area contributed by atoms with Gasteiger partial charge in [-0.2, -0.15) is 5.10 Å². The number of aromatic nitrogens is 2. The molecule has 1 aromatic heterocycles. The van der Waals surface area contributed by atoms with Crippen molar-refractivity contribution in [2.45, 2.75) is 0 Å². The lowest BCUT2D eigenvalue weighted by Gasteiger charge is -2.00. The Balaban J connectivity index is 2.26. The number of ketones is 1. The smallest absolute Gasteiger partial charge is 0.353 e. The fourth-order valence-corrected chi connectivity index (χ4v) is 1.44. The molecular formula is C12H10N2O4. The highest BCUT2D eigenvalue weighted by atomic mass is 16.5. The number of nitrogens with zero attached hydrogens (tertiary/aromatic N) is 1. The Morgan fingerprint density at radius 2 is 1.94 bits per heavy atom. The molecule has 0 saturated heterocycles. The maximum Gasteiger partial charge on any atom is 0.353 e. The van der Waals surface area contributed by atoms with Crippen molar-refractivity contribution in [3.05, 3.63) is 47.3 Å². The third-order valence-electron chi connectivity index (χ3n) is 2.39. The summed E-state index contributed by atoms with van der Waals surface area (Å²) in [5, 5.41) is 14.7. The molecule has 1 heterocycles. The van der Waals surface area contributed by atoms with Gasteiger partial charge in [-0.25, -0.2) is 4.79 Å². The molecule has 2 rings (SSSR count). The zero-order valence-electron chi connectivity index (χ0n) is 9.51. The summed E-state index contributed by atoms with van der Waals surface area (Å²) in [5.74, 6) is -0.863. The number of H-pyrrole nitrogens is 1. The van der Waals surface area contributed by atoms with Crippen molar-refractivity contribution in [2.75, 3.05) is 7.11 Å². The number of methoxy groups -OCH3 is 1. The summed E-state index contributed by atoms with van der Waals surface area (Å²) < 4.78 is 4.98. The van der Waals surface area contributed by atoms with Crippen LogP contribution in [0.4, 0.5) is 0 Å². The van der Waals surface area contributed by atoms with Gasteiger partial charge in [-0.05, 0) is 24.3 Å². The van der Waals surface area contributed by atoms with Gasteiger partial charge in [0, 0.05) is 11.6 Å². The quantitative estimate of drug-likeness (QED) is 0.794. The summed E-state index contributed by atoms with van der Waals surface area (Å²) >= 11 is 0. The molecule has 6 heteroatoms. The molecule has 0 amide bonds. The Bertz CT molecular complexity index is 586. The van der Waals surface area contributed by atoms with E-state index in [-0.39, 0.29) is 17.2 Å². The van der Waals surface area contributed by atoms with E-state index in [1.807, 2.05) is 0 Å². The largest absolute Gasteiger partial charge is 0.497 e. The van der Waals surface area contributed by atoms with Crippen molar-refractivity contribution in [3.8, 4) is 5.75 Å². The van der Waals surface area contributed by atoms with E-state index in [4.69, 9.17) is 9.84 Å². The van der Waals surface area contributed by atoms with Crippen molar-refractivity contribution in [1.29, 1.82) is 0 Å². The van der Waals surface area contributed by atoms with Crippen molar-refractivity contribution < 1.29 is 19.4 Å². The molecule has 0 aliphatic rings. The molecular weight excluding hydrogens is 236 g/mol. The molecule has 0 radical (unpaired) electrons. The molecule has 0 aliphatic heterocycles. The molecule has 0 unspecified atom stereocenters. The standard InChI is InChI=1S/C12H10N2O4/c1-18-8-4-2-7(3-5-8)11(15)9-6-10(12(16)17)14-13-9/h2-6H,1H3,(H,13,14)(H,16,17). The van der Waals surface area contributed by atoms with Crippen molar-refractivity contribution in [1.82, 2.24) is 10.2 Å². The maximum atomic E-state index is 12.0. The Kier molecular flexibility index (Phi) is 3.09. The number of hydrogen-bond donors (Lipinski definition) is 2. The molecule has 0 bridgehead atoms. The number of aromatic amines is 1. The van der Waals surface area contributed by atoms with E-state index >= 15 is 0 Å². The second kappa shape index (κ2) is 4.70. The zero-order chi connectivity index (χ0) is 13.1. The van der Waals surface area contributed by atoms with E-state index in [9.17, 15) is 9.59 Å². The van der Waals surface area contributed by atoms with Gasteiger partial charge in [-0.15, -0.1) is 0 Å². The molecule has 0 saturated carbocycles. The van der Waals surface area contributed by atoms with Crippen LogP contribution in [0.1, 0.15) is 26.5 Å². The first-order chi connectivity index (χ1) is 8.61. The normalized spacial score (nSPS) is 10.1. The summed E-state index contributed by atoms with van der Waals surface area (Å²) in [6.45, 7) is 0. The Labute approximate surface area is 102 Å². The topological polar surface area (TPSA) is 92.3 Å². The number of hydrogen-bond acceptors (Lipinski definition) is 4. The first-order valence-corrected chi connectivity index (χ1v) is 5.09. The molecule has 0 atom stereocenters. The van der Waals surface area contributed by atoms with Gasteiger partial charge in [-0.1, -0.05) is 0 Å². The van der Waals surface area contributed by atoms with Crippen LogP contribution in [0.25, 0.3) is 0 Å². The van der Waals surface area contributed by atoms with E-state index in [0.717, 1.165) is 0 Å². The number of carboxylic acids is 1. The molecule has 2 aromatic rings. The maximum absolute atomic E-state index is 12.0. The molecule has 0 fully saturated rings. The van der Waals surface area contributed by atoms with Gasteiger partial charge >= 0.3 is 5.97 Å². The fourth-order valence-electron chi connectivity index (χ4n) is 1.44. The van der Waals surface area contributed by atoms with Crippen LogP contribution in [-0.4, -0.2) is 34.2 Å². The first kappa shape index (κ1) is 11.8. The van der Waals surface area contributed by atoms with E-state index in [2.05, 4.69) is 10.2 Å². The van der Waals surface area contributed by atoms with Crippen LogP contribution in [0.15, 0.2) is 30.3 Å². The lowest BCUT2D eigenvalue weighted by Crippen LogP contribution is -2.01. The molecule has 1 aromatic carbocycles. The van der Waals surface area contributed by atoms with Gasteiger partial charge in [-0.3, -0.25) is 9.89 Å². The number of ether oxygens (including phenoxy) is 1.